The van der Waals surface area contributed by atoms with E-state index < -0.39 is 11.6 Å². The number of nitrogens with one attached hydrogen (secondary N) is 1. The van der Waals surface area contributed by atoms with E-state index in [0.29, 0.717) is 30.5 Å². The van der Waals surface area contributed by atoms with Crippen molar-refractivity contribution in [3.05, 3.63) is 83.2 Å². The van der Waals surface area contributed by atoms with Gasteiger partial charge in [0.1, 0.15) is 29.8 Å². The molecule has 3 aromatic carbocycles. The van der Waals surface area contributed by atoms with Crippen LogP contribution >= 0.6 is 0 Å². The Balaban J connectivity index is 1.50. The molecule has 0 bridgehead atoms. The molecule has 1 aromatic heterocycles. The summed E-state index contributed by atoms with van der Waals surface area (Å²) in [5.41, 5.74) is 2.89. The van der Waals surface area contributed by atoms with Gasteiger partial charge in [-0.2, -0.15) is 0 Å². The number of fused-ring (bicyclic) bond motifs is 1. The minimum Gasteiger partial charge on any atom is -0.490 e. The fourth-order valence-electron chi connectivity index (χ4n) is 3.60. The van der Waals surface area contributed by atoms with E-state index in [9.17, 15) is 8.78 Å². The molecule has 0 aliphatic carbocycles. The van der Waals surface area contributed by atoms with Crippen LogP contribution in [-0.2, 0) is 6.61 Å². The zero-order chi connectivity index (χ0) is 23.4. The molecule has 4 aromatic rings. The van der Waals surface area contributed by atoms with Gasteiger partial charge in [0, 0.05) is 23.6 Å². The van der Waals surface area contributed by atoms with Gasteiger partial charge in [0.15, 0.2) is 11.5 Å². The number of halogens is 2. The predicted molar refractivity (Wildman–Crippen MR) is 123 cm³/mol. The quantitative estimate of drug-likeness (QED) is 0.321. The first-order valence-electron chi connectivity index (χ1n) is 10.9. The van der Waals surface area contributed by atoms with Crippen molar-refractivity contribution >= 4 is 11.0 Å². The molecule has 5 nitrogen and oxygen atoms in total. The van der Waals surface area contributed by atoms with Gasteiger partial charge >= 0.3 is 0 Å². The first kappa shape index (κ1) is 22.6. The molecule has 7 heteroatoms. The number of ether oxygens (including phenoxy) is 3. The Morgan fingerprint density at radius 2 is 1.58 bits per heavy atom. The molecular formula is C26H26F2N2O3. The van der Waals surface area contributed by atoms with Gasteiger partial charge in [-0.05, 0) is 49.7 Å². The van der Waals surface area contributed by atoms with Crippen molar-refractivity contribution in [1.29, 1.82) is 0 Å². The summed E-state index contributed by atoms with van der Waals surface area (Å²) in [5.74, 6) is 1.76. The van der Waals surface area contributed by atoms with E-state index in [4.69, 9.17) is 19.2 Å². The Morgan fingerprint density at radius 1 is 0.879 bits per heavy atom. The average Bonchev–Trinajstić information content (AvgIpc) is 3.23. The molecule has 1 unspecified atom stereocenters. The molecule has 0 spiro atoms. The number of hydrogen-bond donors (Lipinski definition) is 1. The molecule has 0 fully saturated rings. The van der Waals surface area contributed by atoms with E-state index in [1.54, 1.807) is 0 Å². The van der Waals surface area contributed by atoms with Gasteiger partial charge in [-0.3, -0.25) is 0 Å². The Morgan fingerprint density at radius 3 is 2.27 bits per heavy atom. The first-order chi connectivity index (χ1) is 16.0. The second-order valence-electron chi connectivity index (χ2n) is 7.62. The van der Waals surface area contributed by atoms with Crippen LogP contribution in [0.1, 0.15) is 43.6 Å². The zero-order valence-corrected chi connectivity index (χ0v) is 18.8. The highest BCUT2D eigenvalue weighted by Gasteiger charge is 2.16. The zero-order valence-electron chi connectivity index (χ0n) is 18.8. The lowest BCUT2D eigenvalue weighted by Crippen LogP contribution is -2.01. The summed E-state index contributed by atoms with van der Waals surface area (Å²) in [6.45, 7) is 6.96. The molecule has 0 aliphatic rings. The number of rotatable bonds is 9. The third kappa shape index (κ3) is 5.08. The summed E-state index contributed by atoms with van der Waals surface area (Å²) in [6, 6.07) is 14.6. The van der Waals surface area contributed by atoms with E-state index in [1.165, 1.54) is 0 Å². The van der Waals surface area contributed by atoms with Gasteiger partial charge in [-0.15, -0.1) is 0 Å². The van der Waals surface area contributed by atoms with Crippen molar-refractivity contribution in [3.63, 3.8) is 0 Å². The van der Waals surface area contributed by atoms with Gasteiger partial charge in [0.25, 0.3) is 0 Å². The van der Waals surface area contributed by atoms with E-state index in [-0.39, 0.29) is 18.1 Å². The van der Waals surface area contributed by atoms with Crippen molar-refractivity contribution < 1.29 is 23.0 Å². The van der Waals surface area contributed by atoms with Crippen molar-refractivity contribution in [2.45, 2.75) is 33.3 Å². The van der Waals surface area contributed by atoms with Gasteiger partial charge in [0.2, 0.25) is 0 Å². The number of benzene rings is 3. The van der Waals surface area contributed by atoms with Crippen LogP contribution in [0, 0.1) is 11.6 Å². The molecule has 0 radical (unpaired) electrons. The highest BCUT2D eigenvalue weighted by atomic mass is 19.1. The second kappa shape index (κ2) is 9.90. The average molecular weight is 453 g/mol. The third-order valence-electron chi connectivity index (χ3n) is 5.36. The lowest BCUT2D eigenvalue weighted by Gasteiger charge is -2.11. The standard InChI is InChI=1S/C26H26F2N2O3/c1-4-31-24-13-22-23(14-25(24)32-5-2)30-26(29-22)16(3)17-6-9-20(10-7-17)33-15-18-12-19(27)8-11-21(18)28/h6-14,16H,4-5,15H2,1-3H3,(H,29,30). The minimum absolute atomic E-state index is 0.00167. The van der Waals surface area contributed by atoms with E-state index in [0.717, 1.165) is 40.6 Å². The van der Waals surface area contributed by atoms with Gasteiger partial charge in [-0.1, -0.05) is 19.1 Å². The van der Waals surface area contributed by atoms with Crippen LogP contribution in [0.4, 0.5) is 8.78 Å². The van der Waals surface area contributed by atoms with Crippen molar-refractivity contribution in [3.8, 4) is 17.2 Å². The maximum absolute atomic E-state index is 13.8. The van der Waals surface area contributed by atoms with E-state index >= 15 is 0 Å². The third-order valence-corrected chi connectivity index (χ3v) is 5.36. The molecule has 1 heterocycles. The summed E-state index contributed by atoms with van der Waals surface area (Å²) in [6.07, 6.45) is 0. The van der Waals surface area contributed by atoms with E-state index in [1.807, 2.05) is 50.2 Å². The van der Waals surface area contributed by atoms with Crippen LogP contribution in [0.5, 0.6) is 17.2 Å². The van der Waals surface area contributed by atoms with Gasteiger partial charge < -0.3 is 19.2 Å². The van der Waals surface area contributed by atoms with Gasteiger partial charge in [0.05, 0.1) is 24.2 Å². The SMILES string of the molecule is CCOc1cc2nc(C(C)c3ccc(OCc4cc(F)ccc4F)cc3)[nH]c2cc1OCC. The fourth-order valence-corrected chi connectivity index (χ4v) is 3.60. The van der Waals surface area contributed by atoms with Crippen LogP contribution in [0.3, 0.4) is 0 Å². The summed E-state index contributed by atoms with van der Waals surface area (Å²) in [7, 11) is 0. The number of nitrogens with zero attached hydrogens (tertiary/aromatic N) is 1. The fraction of sp³-hybridized carbons (Fsp3) is 0.269. The first-order valence-corrected chi connectivity index (χ1v) is 10.9. The maximum Gasteiger partial charge on any atom is 0.163 e. The Kier molecular flexibility index (Phi) is 6.77. The Labute approximate surface area is 191 Å². The van der Waals surface area contributed by atoms with Crippen LogP contribution in [-0.4, -0.2) is 23.2 Å². The normalized spacial score (nSPS) is 12.0. The largest absolute Gasteiger partial charge is 0.490 e. The van der Waals surface area contributed by atoms with Crippen LogP contribution < -0.4 is 14.2 Å². The molecule has 1 N–H and O–H groups in total. The van der Waals surface area contributed by atoms with Gasteiger partial charge in [-0.25, -0.2) is 13.8 Å². The monoisotopic (exact) mass is 452 g/mol. The second-order valence-corrected chi connectivity index (χ2v) is 7.62. The topological polar surface area (TPSA) is 56.4 Å². The van der Waals surface area contributed by atoms with Crippen molar-refractivity contribution in [1.82, 2.24) is 9.97 Å². The molecule has 0 saturated heterocycles. The molecule has 0 aliphatic heterocycles. The molecule has 0 amide bonds. The molecule has 33 heavy (non-hydrogen) atoms. The molecule has 4 rings (SSSR count). The van der Waals surface area contributed by atoms with Crippen LogP contribution in [0.15, 0.2) is 54.6 Å². The molecule has 1 atom stereocenters. The maximum atomic E-state index is 13.8. The summed E-state index contributed by atoms with van der Waals surface area (Å²) < 4.78 is 44.1. The highest BCUT2D eigenvalue weighted by molar-refractivity contribution is 5.80. The number of H-pyrrole nitrogens is 1. The number of hydrogen-bond acceptors (Lipinski definition) is 4. The predicted octanol–water partition coefficient (Wildman–Crippen LogP) is 6.37. The lowest BCUT2D eigenvalue weighted by molar-refractivity contribution is 0.288. The highest BCUT2D eigenvalue weighted by Crippen LogP contribution is 2.33. The van der Waals surface area contributed by atoms with E-state index in [2.05, 4.69) is 11.9 Å². The molecular weight excluding hydrogens is 426 g/mol. The smallest absolute Gasteiger partial charge is 0.163 e. The molecule has 172 valence electrons. The summed E-state index contributed by atoms with van der Waals surface area (Å²) >= 11 is 0. The summed E-state index contributed by atoms with van der Waals surface area (Å²) in [5, 5.41) is 0. The van der Waals surface area contributed by atoms with Crippen molar-refractivity contribution in [2.24, 2.45) is 0 Å². The number of aromatic nitrogens is 2. The Bertz CT molecular complexity index is 1200. The lowest BCUT2D eigenvalue weighted by atomic mass is 10.0. The number of aromatic amines is 1. The van der Waals surface area contributed by atoms with Crippen molar-refractivity contribution in [2.75, 3.05) is 13.2 Å². The Hall–Kier alpha value is -3.61. The molecule has 0 saturated carbocycles. The minimum atomic E-state index is -0.494. The number of imidazole rings is 1. The van der Waals surface area contributed by atoms with Crippen LogP contribution in [0.25, 0.3) is 11.0 Å². The van der Waals surface area contributed by atoms with Crippen LogP contribution in [0.2, 0.25) is 0 Å². The summed E-state index contributed by atoms with van der Waals surface area (Å²) in [4.78, 5) is 8.13.